The van der Waals surface area contributed by atoms with E-state index in [9.17, 15) is 0 Å². The summed E-state index contributed by atoms with van der Waals surface area (Å²) in [7, 11) is 0. The zero-order valence-corrected chi connectivity index (χ0v) is 28.5. The SMILES string of the molecule is CC(C)(C)c1ccccc1-c1c(N(c2ccccc2)c2ccc3c(c2)C(C)(C)c2cccc(-c4ccccc4)c2-3)ccc2ccccc12. The van der Waals surface area contributed by atoms with E-state index in [1.54, 1.807) is 0 Å². The lowest BCUT2D eigenvalue weighted by molar-refractivity contribution is 0.592. The molecule has 0 unspecified atom stereocenters. The second kappa shape index (κ2) is 11.4. The summed E-state index contributed by atoms with van der Waals surface area (Å²) in [6.07, 6.45) is 0. The smallest absolute Gasteiger partial charge is 0.0546 e. The molecular formula is C47H41N. The normalized spacial score (nSPS) is 13.3. The van der Waals surface area contributed by atoms with Crippen molar-refractivity contribution in [1.82, 2.24) is 0 Å². The molecule has 0 amide bonds. The minimum absolute atomic E-state index is 0.0256. The first-order valence-corrected chi connectivity index (χ1v) is 17.0. The van der Waals surface area contributed by atoms with Crippen molar-refractivity contribution in [2.75, 3.05) is 4.90 Å². The van der Waals surface area contributed by atoms with E-state index in [2.05, 4.69) is 197 Å². The van der Waals surface area contributed by atoms with Crippen molar-refractivity contribution in [2.24, 2.45) is 0 Å². The molecule has 48 heavy (non-hydrogen) atoms. The maximum atomic E-state index is 2.47. The standard InChI is InChI=1S/C47H41N/c1-46(2,3)40-25-15-14-23-38(40)45-37-22-13-12-19-33(37)27-30-43(45)48(34-20-10-7-11-21-34)35-28-29-39-42(31-35)47(4,5)41-26-16-24-36(44(39)41)32-17-8-6-9-18-32/h6-31H,1-5H3. The molecule has 0 aliphatic heterocycles. The molecule has 1 aliphatic carbocycles. The first-order valence-electron chi connectivity index (χ1n) is 17.0. The molecule has 0 radical (unpaired) electrons. The summed E-state index contributed by atoms with van der Waals surface area (Å²) in [4.78, 5) is 2.47. The lowest BCUT2D eigenvalue weighted by atomic mass is 9.80. The molecule has 0 saturated heterocycles. The summed E-state index contributed by atoms with van der Waals surface area (Å²) >= 11 is 0. The molecule has 0 aromatic heterocycles. The minimum atomic E-state index is -0.154. The Morgan fingerprint density at radius 3 is 1.92 bits per heavy atom. The van der Waals surface area contributed by atoms with E-state index < -0.39 is 0 Å². The van der Waals surface area contributed by atoms with Crippen molar-refractivity contribution in [2.45, 2.75) is 45.4 Å². The molecule has 0 N–H and O–H groups in total. The van der Waals surface area contributed by atoms with Gasteiger partial charge in [0, 0.05) is 22.4 Å². The predicted octanol–water partition coefficient (Wildman–Crippen LogP) is 13.2. The molecule has 1 nitrogen and oxygen atoms in total. The number of hydrogen-bond acceptors (Lipinski definition) is 1. The van der Waals surface area contributed by atoms with Crippen molar-refractivity contribution < 1.29 is 0 Å². The van der Waals surface area contributed by atoms with Crippen molar-refractivity contribution >= 4 is 27.8 Å². The first kappa shape index (κ1) is 30.0. The number of hydrogen-bond donors (Lipinski definition) is 0. The van der Waals surface area contributed by atoms with Gasteiger partial charge in [0.05, 0.1) is 5.69 Å². The van der Waals surface area contributed by atoms with Gasteiger partial charge in [-0.25, -0.2) is 0 Å². The van der Waals surface area contributed by atoms with Crippen LogP contribution in [0.5, 0.6) is 0 Å². The van der Waals surface area contributed by atoms with Crippen molar-refractivity contribution in [3.8, 4) is 33.4 Å². The highest BCUT2D eigenvalue weighted by molar-refractivity contribution is 6.06. The molecule has 0 atom stereocenters. The van der Waals surface area contributed by atoms with Crippen LogP contribution in [0, 0.1) is 0 Å². The van der Waals surface area contributed by atoms with Gasteiger partial charge in [0.15, 0.2) is 0 Å². The van der Waals surface area contributed by atoms with Gasteiger partial charge in [-0.1, -0.05) is 162 Å². The molecule has 0 spiro atoms. The summed E-state index contributed by atoms with van der Waals surface area (Å²) in [5.74, 6) is 0. The van der Waals surface area contributed by atoms with E-state index >= 15 is 0 Å². The van der Waals surface area contributed by atoms with E-state index in [1.807, 2.05) is 0 Å². The van der Waals surface area contributed by atoms with Gasteiger partial charge in [-0.2, -0.15) is 0 Å². The minimum Gasteiger partial charge on any atom is -0.310 e. The van der Waals surface area contributed by atoms with Gasteiger partial charge < -0.3 is 4.90 Å². The van der Waals surface area contributed by atoms with Gasteiger partial charge in [0.1, 0.15) is 0 Å². The van der Waals surface area contributed by atoms with E-state index in [4.69, 9.17) is 0 Å². The van der Waals surface area contributed by atoms with Crippen molar-refractivity contribution in [1.29, 1.82) is 0 Å². The van der Waals surface area contributed by atoms with Crippen LogP contribution >= 0.6 is 0 Å². The van der Waals surface area contributed by atoms with E-state index in [0.717, 1.165) is 11.4 Å². The third-order valence-corrected chi connectivity index (χ3v) is 10.2. The summed E-state index contributed by atoms with van der Waals surface area (Å²) in [6, 6.07) is 58.0. The number of rotatable bonds is 5. The summed E-state index contributed by atoms with van der Waals surface area (Å²) in [5.41, 5.74) is 15.1. The van der Waals surface area contributed by atoms with Crippen LogP contribution in [0.4, 0.5) is 17.1 Å². The van der Waals surface area contributed by atoms with Crippen LogP contribution in [0.3, 0.4) is 0 Å². The van der Waals surface area contributed by atoms with Gasteiger partial charge in [-0.3, -0.25) is 0 Å². The Morgan fingerprint density at radius 1 is 0.479 bits per heavy atom. The maximum absolute atomic E-state index is 2.47. The largest absolute Gasteiger partial charge is 0.310 e. The van der Waals surface area contributed by atoms with Crippen LogP contribution in [0.15, 0.2) is 158 Å². The van der Waals surface area contributed by atoms with Crippen LogP contribution in [0.1, 0.15) is 51.3 Å². The van der Waals surface area contributed by atoms with Crippen molar-refractivity contribution in [3.05, 3.63) is 174 Å². The Balaban J connectivity index is 1.40. The molecule has 8 rings (SSSR count). The molecule has 1 heteroatoms. The lowest BCUT2D eigenvalue weighted by Gasteiger charge is -2.32. The Hall–Kier alpha value is -5.40. The second-order valence-electron chi connectivity index (χ2n) is 14.6. The van der Waals surface area contributed by atoms with Crippen LogP contribution in [-0.2, 0) is 10.8 Å². The summed E-state index contributed by atoms with van der Waals surface area (Å²) < 4.78 is 0. The molecule has 234 valence electrons. The zero-order valence-electron chi connectivity index (χ0n) is 28.5. The fourth-order valence-corrected chi connectivity index (χ4v) is 7.86. The molecule has 0 bridgehead atoms. The molecule has 0 heterocycles. The van der Waals surface area contributed by atoms with E-state index in [-0.39, 0.29) is 10.8 Å². The number of anilines is 3. The van der Waals surface area contributed by atoms with Crippen LogP contribution in [0.25, 0.3) is 44.2 Å². The quantitative estimate of drug-likeness (QED) is 0.185. The number of benzene rings is 7. The second-order valence-corrected chi connectivity index (χ2v) is 14.6. The average Bonchev–Trinajstić information content (AvgIpc) is 3.34. The van der Waals surface area contributed by atoms with Crippen LogP contribution in [0.2, 0.25) is 0 Å². The Bertz CT molecular complexity index is 2290. The number of para-hydroxylation sites is 1. The van der Waals surface area contributed by atoms with Gasteiger partial charge in [-0.15, -0.1) is 0 Å². The molecule has 0 fully saturated rings. The van der Waals surface area contributed by atoms with Gasteiger partial charge in [0.2, 0.25) is 0 Å². The highest BCUT2D eigenvalue weighted by atomic mass is 15.1. The third-order valence-electron chi connectivity index (χ3n) is 10.2. The highest BCUT2D eigenvalue weighted by Crippen LogP contribution is 2.54. The predicted molar refractivity (Wildman–Crippen MR) is 206 cm³/mol. The fourth-order valence-electron chi connectivity index (χ4n) is 7.86. The molecule has 0 saturated carbocycles. The molecule has 1 aliphatic rings. The number of nitrogens with zero attached hydrogens (tertiary/aromatic N) is 1. The Morgan fingerprint density at radius 2 is 1.15 bits per heavy atom. The van der Waals surface area contributed by atoms with E-state index in [0.29, 0.717) is 0 Å². The highest BCUT2D eigenvalue weighted by Gasteiger charge is 2.37. The number of fused-ring (bicyclic) bond motifs is 4. The van der Waals surface area contributed by atoms with Gasteiger partial charge >= 0.3 is 0 Å². The summed E-state index contributed by atoms with van der Waals surface area (Å²) in [6.45, 7) is 11.7. The van der Waals surface area contributed by atoms with Crippen LogP contribution in [-0.4, -0.2) is 0 Å². The Labute approximate surface area is 285 Å². The fraction of sp³-hybridized carbons (Fsp3) is 0.149. The first-order chi connectivity index (χ1) is 23.2. The summed E-state index contributed by atoms with van der Waals surface area (Å²) in [5, 5.41) is 2.50. The lowest BCUT2D eigenvalue weighted by Crippen LogP contribution is -2.17. The monoisotopic (exact) mass is 619 g/mol. The maximum Gasteiger partial charge on any atom is 0.0546 e. The van der Waals surface area contributed by atoms with Gasteiger partial charge in [0.25, 0.3) is 0 Å². The average molecular weight is 620 g/mol. The Kier molecular flexibility index (Phi) is 7.11. The molecule has 7 aromatic carbocycles. The zero-order chi connectivity index (χ0) is 33.0. The topological polar surface area (TPSA) is 3.24 Å². The van der Waals surface area contributed by atoms with Crippen LogP contribution < -0.4 is 4.90 Å². The molecule has 7 aromatic rings. The van der Waals surface area contributed by atoms with E-state index in [1.165, 1.54) is 66.5 Å². The van der Waals surface area contributed by atoms with Crippen molar-refractivity contribution in [3.63, 3.8) is 0 Å². The van der Waals surface area contributed by atoms with Gasteiger partial charge in [-0.05, 0) is 91.0 Å². The molecular weight excluding hydrogens is 579 g/mol. The third kappa shape index (κ3) is 4.85.